The Kier molecular flexibility index (Phi) is 5.72. The number of pyridine rings is 1. The number of nitrogens with zero attached hydrogens (tertiary/aromatic N) is 4. The molecule has 1 amide bonds. The number of nitrogen functional groups attached to an aromatic ring is 2. The van der Waals surface area contributed by atoms with Crippen LogP contribution in [0.15, 0.2) is 47.8 Å². The lowest BCUT2D eigenvalue weighted by Crippen LogP contribution is -2.48. The highest BCUT2D eigenvalue weighted by Gasteiger charge is 2.29. The average Bonchev–Trinajstić information content (AvgIpc) is 3.47. The Bertz CT molecular complexity index is 1350. The number of carbonyl (C=O) groups excluding carboxylic acids is 1. The largest absolute Gasteiger partial charge is 0.397 e. The number of amides is 1. The van der Waals surface area contributed by atoms with E-state index in [-0.39, 0.29) is 11.7 Å². The second kappa shape index (κ2) is 8.83. The summed E-state index contributed by atoms with van der Waals surface area (Å²) in [5, 5.41) is 12.3. The predicted octanol–water partition coefficient (Wildman–Crippen LogP) is 4.02. The lowest BCUT2D eigenvalue weighted by atomic mass is 10.0. The van der Waals surface area contributed by atoms with Crippen molar-refractivity contribution in [2.45, 2.75) is 6.54 Å². The summed E-state index contributed by atoms with van der Waals surface area (Å²) in [6.45, 7) is 3.75. The van der Waals surface area contributed by atoms with Gasteiger partial charge in [0.05, 0.1) is 5.69 Å². The molecule has 0 saturated carbocycles. The van der Waals surface area contributed by atoms with E-state index in [0.717, 1.165) is 24.5 Å². The van der Waals surface area contributed by atoms with E-state index >= 15 is 0 Å². The monoisotopic (exact) mass is 474 g/mol. The van der Waals surface area contributed by atoms with Crippen molar-refractivity contribution in [1.82, 2.24) is 14.8 Å². The molecule has 4 heterocycles. The Hall–Kier alpha value is -3.45. The predicted molar refractivity (Wildman–Crippen MR) is 134 cm³/mol. The molecule has 1 aliphatic heterocycles. The van der Waals surface area contributed by atoms with Gasteiger partial charge in [0.1, 0.15) is 27.2 Å². The minimum Gasteiger partial charge on any atom is -0.397 e. The molecule has 7 nitrogen and oxygen atoms in total. The summed E-state index contributed by atoms with van der Waals surface area (Å²) in [7, 11) is 0. The minimum absolute atomic E-state index is 0.0935. The van der Waals surface area contributed by atoms with Gasteiger partial charge in [0, 0.05) is 48.6 Å². The van der Waals surface area contributed by atoms with Crippen LogP contribution in [-0.4, -0.2) is 46.9 Å². The molecule has 1 aliphatic rings. The normalized spacial score (nSPS) is 14.5. The molecule has 1 aromatic carbocycles. The molecule has 0 aliphatic carbocycles. The SMILES string of the molecule is N#Cc1c(N)nc2sc(C(=O)N3CCN(Cc4ccccc4)CC3)c(N)c2c1-c1cccs1. The van der Waals surface area contributed by atoms with Crippen molar-refractivity contribution in [2.24, 2.45) is 0 Å². The van der Waals surface area contributed by atoms with Gasteiger partial charge in [-0.15, -0.1) is 22.7 Å². The third-order valence-electron chi connectivity index (χ3n) is 5.89. The van der Waals surface area contributed by atoms with Crippen molar-refractivity contribution >= 4 is 50.3 Å². The van der Waals surface area contributed by atoms with E-state index in [1.54, 1.807) is 0 Å². The zero-order chi connectivity index (χ0) is 22.9. The maximum atomic E-state index is 13.4. The van der Waals surface area contributed by atoms with Crippen molar-refractivity contribution in [3.63, 3.8) is 0 Å². The molecule has 0 unspecified atom stereocenters. The summed E-state index contributed by atoms with van der Waals surface area (Å²) >= 11 is 2.75. The topological polar surface area (TPSA) is 112 Å². The molecule has 4 aromatic rings. The number of carbonyl (C=O) groups is 1. The van der Waals surface area contributed by atoms with Crippen LogP contribution in [0.2, 0.25) is 0 Å². The molecule has 0 spiro atoms. The zero-order valence-corrected chi connectivity index (χ0v) is 19.5. The van der Waals surface area contributed by atoms with Gasteiger partial charge < -0.3 is 16.4 Å². The first-order chi connectivity index (χ1) is 16.1. The molecule has 1 saturated heterocycles. The van der Waals surface area contributed by atoms with Crippen molar-refractivity contribution in [3.05, 3.63) is 63.8 Å². The third kappa shape index (κ3) is 3.93. The Morgan fingerprint density at radius 2 is 1.85 bits per heavy atom. The summed E-state index contributed by atoms with van der Waals surface area (Å²) in [4.78, 5) is 23.9. The summed E-state index contributed by atoms with van der Waals surface area (Å²) in [5.74, 6) is 0.0623. The van der Waals surface area contributed by atoms with E-state index in [9.17, 15) is 10.1 Å². The number of nitrogens with two attached hydrogens (primary N) is 2. The Labute approximate surface area is 199 Å². The molecule has 166 valence electrons. The van der Waals surface area contributed by atoms with Crippen LogP contribution in [0, 0.1) is 11.3 Å². The number of hydrogen-bond acceptors (Lipinski definition) is 8. The molecular formula is C24H22N6OS2. The Morgan fingerprint density at radius 3 is 2.52 bits per heavy atom. The summed E-state index contributed by atoms with van der Waals surface area (Å²) < 4.78 is 0. The molecule has 4 N–H and O–H groups in total. The first kappa shape index (κ1) is 21.4. The van der Waals surface area contributed by atoms with Crippen LogP contribution in [0.1, 0.15) is 20.8 Å². The number of thiophene rings is 2. The fourth-order valence-electron chi connectivity index (χ4n) is 4.20. The molecule has 33 heavy (non-hydrogen) atoms. The average molecular weight is 475 g/mol. The standard InChI is InChI=1S/C24H22N6OS2/c25-13-16-18(17-7-4-12-32-17)19-20(26)21(33-23(19)28-22(16)27)24(31)30-10-8-29(9-11-30)14-15-5-2-1-3-6-15/h1-7,12H,8-11,14,26H2,(H2,27,28). The quantitative estimate of drug-likeness (QED) is 0.462. The van der Waals surface area contributed by atoms with E-state index in [2.05, 4.69) is 28.1 Å². The number of piperazine rings is 1. The van der Waals surface area contributed by atoms with Gasteiger partial charge in [-0.2, -0.15) is 5.26 Å². The van der Waals surface area contributed by atoms with Gasteiger partial charge in [-0.3, -0.25) is 9.69 Å². The highest BCUT2D eigenvalue weighted by atomic mass is 32.1. The van der Waals surface area contributed by atoms with Gasteiger partial charge in [0.15, 0.2) is 0 Å². The zero-order valence-electron chi connectivity index (χ0n) is 17.8. The Balaban J connectivity index is 1.43. The number of anilines is 2. The van der Waals surface area contributed by atoms with Gasteiger partial charge in [-0.1, -0.05) is 36.4 Å². The van der Waals surface area contributed by atoms with Gasteiger partial charge in [-0.05, 0) is 17.0 Å². The van der Waals surface area contributed by atoms with Crippen molar-refractivity contribution in [3.8, 4) is 16.5 Å². The van der Waals surface area contributed by atoms with Crippen molar-refractivity contribution in [2.75, 3.05) is 37.6 Å². The van der Waals surface area contributed by atoms with E-state index < -0.39 is 0 Å². The van der Waals surface area contributed by atoms with Gasteiger partial charge in [0.2, 0.25) is 0 Å². The molecule has 1 fully saturated rings. The van der Waals surface area contributed by atoms with Crippen molar-refractivity contribution < 1.29 is 4.79 Å². The molecule has 9 heteroatoms. The van der Waals surface area contributed by atoms with Crippen LogP contribution in [0.4, 0.5) is 11.5 Å². The van der Waals surface area contributed by atoms with Crippen molar-refractivity contribution in [1.29, 1.82) is 5.26 Å². The highest BCUT2D eigenvalue weighted by Crippen LogP contribution is 2.44. The first-order valence-corrected chi connectivity index (χ1v) is 12.3. The molecule has 0 bridgehead atoms. The fourth-order valence-corrected chi connectivity index (χ4v) is 6.07. The maximum Gasteiger partial charge on any atom is 0.266 e. The second-order valence-electron chi connectivity index (χ2n) is 7.92. The molecule has 3 aromatic heterocycles. The lowest BCUT2D eigenvalue weighted by Gasteiger charge is -2.34. The number of rotatable bonds is 4. The maximum absolute atomic E-state index is 13.4. The van der Waals surface area contributed by atoms with E-state index in [0.29, 0.717) is 45.0 Å². The van der Waals surface area contributed by atoms with Gasteiger partial charge >= 0.3 is 0 Å². The van der Waals surface area contributed by atoms with Crippen LogP contribution in [0.3, 0.4) is 0 Å². The van der Waals surface area contributed by atoms with Crippen LogP contribution in [0.25, 0.3) is 20.7 Å². The second-order valence-corrected chi connectivity index (χ2v) is 9.86. The van der Waals surface area contributed by atoms with E-state index in [4.69, 9.17) is 11.5 Å². The van der Waals surface area contributed by atoms with Crippen LogP contribution in [0.5, 0.6) is 0 Å². The van der Waals surface area contributed by atoms with Crippen LogP contribution < -0.4 is 11.5 Å². The first-order valence-electron chi connectivity index (χ1n) is 10.6. The van der Waals surface area contributed by atoms with Crippen LogP contribution in [-0.2, 0) is 6.54 Å². The van der Waals surface area contributed by atoms with E-state index in [1.807, 2.05) is 40.6 Å². The van der Waals surface area contributed by atoms with Gasteiger partial charge in [-0.25, -0.2) is 4.98 Å². The summed E-state index contributed by atoms with van der Waals surface area (Å²) in [6, 6.07) is 16.3. The molecule has 5 rings (SSSR count). The number of aromatic nitrogens is 1. The minimum atomic E-state index is -0.0935. The molecule has 0 atom stereocenters. The number of benzene rings is 1. The smallest absolute Gasteiger partial charge is 0.266 e. The number of fused-ring (bicyclic) bond motifs is 1. The number of nitriles is 1. The molecular weight excluding hydrogens is 452 g/mol. The lowest BCUT2D eigenvalue weighted by molar-refractivity contribution is 0.0634. The fraction of sp³-hybridized carbons (Fsp3) is 0.208. The summed E-state index contributed by atoms with van der Waals surface area (Å²) in [5.41, 5.74) is 15.2. The van der Waals surface area contributed by atoms with Gasteiger partial charge in [0.25, 0.3) is 5.91 Å². The third-order valence-corrected chi connectivity index (χ3v) is 7.86. The number of hydrogen-bond donors (Lipinski definition) is 2. The molecule has 0 radical (unpaired) electrons. The highest BCUT2D eigenvalue weighted by molar-refractivity contribution is 7.21. The Morgan fingerprint density at radius 1 is 1.09 bits per heavy atom. The van der Waals surface area contributed by atoms with E-state index in [1.165, 1.54) is 28.2 Å². The van der Waals surface area contributed by atoms with Crippen LogP contribution >= 0.6 is 22.7 Å². The summed E-state index contributed by atoms with van der Waals surface area (Å²) in [6.07, 6.45) is 0.